The molecule has 0 saturated carbocycles. The van der Waals surface area contributed by atoms with Gasteiger partial charge in [-0.3, -0.25) is 0 Å². The Balaban J connectivity index is 2.22. The average molecular weight is 453 g/mol. The lowest BCUT2D eigenvalue weighted by Crippen LogP contribution is -2.49. The van der Waals surface area contributed by atoms with E-state index >= 15 is 0 Å². The van der Waals surface area contributed by atoms with Gasteiger partial charge in [0.05, 0.1) is 0 Å². The zero-order valence-electron chi connectivity index (χ0n) is 20.8. The maximum atomic E-state index is 10.4. The van der Waals surface area contributed by atoms with Crippen molar-refractivity contribution in [2.24, 2.45) is 0 Å². The lowest BCUT2D eigenvalue weighted by Gasteiger charge is -2.49. The topological polar surface area (TPSA) is 97.4 Å². The molecule has 1 aliphatic heterocycles. The van der Waals surface area contributed by atoms with Gasteiger partial charge in [0.2, 0.25) is 0 Å². The van der Waals surface area contributed by atoms with Crippen molar-refractivity contribution >= 4 is 11.4 Å². The Morgan fingerprint density at radius 2 is 1.88 bits per heavy atom. The Kier molecular flexibility index (Phi) is 9.79. The van der Waals surface area contributed by atoms with Crippen LogP contribution in [0.4, 0.5) is 11.4 Å². The van der Waals surface area contributed by atoms with Crippen molar-refractivity contribution in [2.75, 3.05) is 50.2 Å². The van der Waals surface area contributed by atoms with Gasteiger partial charge in [-0.15, -0.1) is 0 Å². The van der Waals surface area contributed by atoms with E-state index in [1.54, 1.807) is 0 Å². The smallest absolute Gasteiger partial charge is 0.305 e. The quantitative estimate of drug-likeness (QED) is 0.237. The number of rotatable bonds is 13. The summed E-state index contributed by atoms with van der Waals surface area (Å²) in [4.78, 5) is 2.42. The summed E-state index contributed by atoms with van der Waals surface area (Å²) in [7, 11) is 0. The summed E-state index contributed by atoms with van der Waals surface area (Å²) in [5.74, 6) is -1.09. The average Bonchev–Trinajstić information content (AvgIpc) is 2.70. The van der Waals surface area contributed by atoms with Crippen LogP contribution < -0.4 is 10.6 Å². The van der Waals surface area contributed by atoms with E-state index in [2.05, 4.69) is 44.7 Å². The fourth-order valence-corrected chi connectivity index (χ4v) is 4.76. The summed E-state index contributed by atoms with van der Waals surface area (Å²) >= 11 is 0. The van der Waals surface area contributed by atoms with E-state index in [-0.39, 0.29) is 24.7 Å². The summed E-state index contributed by atoms with van der Waals surface area (Å²) in [6, 6.07) is 4.37. The molecule has 1 atom stereocenters. The number of ether oxygens (including phenoxy) is 3. The summed E-state index contributed by atoms with van der Waals surface area (Å²) in [5.41, 5.74) is 10.8. The van der Waals surface area contributed by atoms with Crippen LogP contribution in [-0.4, -0.2) is 61.3 Å². The van der Waals surface area contributed by atoms with Crippen LogP contribution in [0.3, 0.4) is 0 Å². The second-order valence-electron chi connectivity index (χ2n) is 9.56. The van der Waals surface area contributed by atoms with Gasteiger partial charge in [-0.25, -0.2) is 0 Å². The first-order valence-corrected chi connectivity index (χ1v) is 12.0. The third-order valence-electron chi connectivity index (χ3n) is 6.24. The first-order chi connectivity index (χ1) is 15.1. The van der Waals surface area contributed by atoms with Crippen molar-refractivity contribution in [3.63, 3.8) is 0 Å². The molecule has 32 heavy (non-hydrogen) atoms. The molecule has 0 saturated heterocycles. The van der Waals surface area contributed by atoms with Crippen LogP contribution in [-0.2, 0) is 14.2 Å². The molecule has 0 aliphatic carbocycles. The summed E-state index contributed by atoms with van der Waals surface area (Å²) < 4.78 is 16.4. The Labute approximate surface area is 193 Å². The number of nitrogens with zero attached hydrogens (tertiary/aromatic N) is 1. The van der Waals surface area contributed by atoms with E-state index in [0.717, 1.165) is 37.1 Å². The second-order valence-corrected chi connectivity index (χ2v) is 9.56. The Hall–Kier alpha value is -1.38. The SMILES string of the molecule is CCOC(O)(COCCC1CC(C)(C)N(CCCO)c2cc(C(C)C)c(N)cc21)OCC. The van der Waals surface area contributed by atoms with Crippen molar-refractivity contribution in [1.82, 2.24) is 0 Å². The molecule has 2 rings (SSSR count). The summed E-state index contributed by atoms with van der Waals surface area (Å²) in [6.45, 7) is 14.6. The molecule has 1 heterocycles. The van der Waals surface area contributed by atoms with Crippen LogP contribution in [0.1, 0.15) is 83.8 Å². The Morgan fingerprint density at radius 1 is 1.22 bits per heavy atom. The summed E-state index contributed by atoms with van der Waals surface area (Å²) in [5, 5.41) is 19.8. The zero-order chi connectivity index (χ0) is 23.9. The molecule has 7 nitrogen and oxygen atoms in total. The lowest BCUT2D eigenvalue weighted by atomic mass is 9.76. The third kappa shape index (κ3) is 6.58. The van der Waals surface area contributed by atoms with Crippen LogP contribution in [0.5, 0.6) is 0 Å². The van der Waals surface area contributed by atoms with Crippen LogP contribution in [0, 0.1) is 0 Å². The van der Waals surface area contributed by atoms with E-state index in [1.165, 1.54) is 11.3 Å². The number of benzene rings is 1. The van der Waals surface area contributed by atoms with Gasteiger partial charge in [0, 0.05) is 49.9 Å². The standard InChI is InChI=1S/C25H44N2O5/c1-7-31-25(29,32-8-2)17-30-13-10-19-16-24(5,6)27(11-9-12-28)23-15-20(18(3)4)22(26)14-21(19)23/h14-15,18-19,28-29H,7-13,16-17,26H2,1-6H3. The highest BCUT2D eigenvalue weighted by Gasteiger charge is 2.38. The molecule has 1 aromatic carbocycles. The fourth-order valence-electron chi connectivity index (χ4n) is 4.76. The third-order valence-corrected chi connectivity index (χ3v) is 6.24. The number of fused-ring (bicyclic) bond motifs is 1. The van der Waals surface area contributed by atoms with Crippen molar-refractivity contribution in [3.8, 4) is 0 Å². The van der Waals surface area contributed by atoms with Crippen molar-refractivity contribution in [3.05, 3.63) is 23.3 Å². The number of anilines is 2. The maximum Gasteiger partial charge on any atom is 0.305 e. The van der Waals surface area contributed by atoms with Crippen molar-refractivity contribution in [2.45, 2.75) is 84.2 Å². The highest BCUT2D eigenvalue weighted by atomic mass is 16.8. The second kappa shape index (κ2) is 11.7. The van der Waals surface area contributed by atoms with Gasteiger partial charge >= 0.3 is 5.97 Å². The minimum Gasteiger partial charge on any atom is -0.398 e. The zero-order valence-corrected chi connectivity index (χ0v) is 20.8. The normalized spacial score (nSPS) is 18.3. The first-order valence-electron chi connectivity index (χ1n) is 12.0. The lowest BCUT2D eigenvalue weighted by molar-refractivity contribution is -0.373. The van der Waals surface area contributed by atoms with Crippen LogP contribution in [0.25, 0.3) is 0 Å². The first kappa shape index (κ1) is 26.9. The molecule has 0 amide bonds. The predicted octanol–water partition coefficient (Wildman–Crippen LogP) is 3.97. The van der Waals surface area contributed by atoms with E-state index in [0.29, 0.717) is 25.7 Å². The van der Waals surface area contributed by atoms with E-state index < -0.39 is 5.97 Å². The molecule has 4 N–H and O–H groups in total. The van der Waals surface area contributed by atoms with Crippen molar-refractivity contribution in [1.29, 1.82) is 0 Å². The number of aliphatic hydroxyl groups is 2. The van der Waals surface area contributed by atoms with E-state index in [9.17, 15) is 10.2 Å². The molecule has 0 radical (unpaired) electrons. The molecule has 0 spiro atoms. The predicted molar refractivity (Wildman–Crippen MR) is 129 cm³/mol. The molecular weight excluding hydrogens is 408 g/mol. The van der Waals surface area contributed by atoms with Gasteiger partial charge in [0.15, 0.2) is 0 Å². The molecule has 0 aromatic heterocycles. The van der Waals surface area contributed by atoms with Crippen LogP contribution >= 0.6 is 0 Å². The molecule has 184 valence electrons. The number of hydrogen-bond donors (Lipinski definition) is 3. The van der Waals surface area contributed by atoms with Gasteiger partial charge in [-0.2, -0.15) is 0 Å². The highest BCUT2D eigenvalue weighted by Crippen LogP contribution is 2.47. The van der Waals surface area contributed by atoms with Gasteiger partial charge in [-0.1, -0.05) is 13.8 Å². The van der Waals surface area contributed by atoms with Gasteiger partial charge in [0.25, 0.3) is 0 Å². The van der Waals surface area contributed by atoms with Crippen LogP contribution in [0.15, 0.2) is 12.1 Å². The number of nitrogens with two attached hydrogens (primary N) is 1. The van der Waals surface area contributed by atoms with Gasteiger partial charge < -0.3 is 35.1 Å². The maximum absolute atomic E-state index is 10.4. The Bertz CT molecular complexity index is 717. The summed E-state index contributed by atoms with van der Waals surface area (Å²) in [6.07, 6.45) is 2.49. The van der Waals surface area contributed by atoms with Crippen LogP contribution in [0.2, 0.25) is 0 Å². The molecule has 7 heteroatoms. The minimum absolute atomic E-state index is 0.0330. The number of nitrogen functional groups attached to an aromatic ring is 1. The number of hydrogen-bond acceptors (Lipinski definition) is 7. The molecule has 1 aliphatic rings. The van der Waals surface area contributed by atoms with E-state index in [4.69, 9.17) is 19.9 Å². The molecule has 0 fully saturated rings. The number of aliphatic hydroxyl groups excluding tert-OH is 1. The largest absolute Gasteiger partial charge is 0.398 e. The van der Waals surface area contributed by atoms with Crippen molar-refractivity contribution < 1.29 is 24.4 Å². The molecule has 1 aromatic rings. The van der Waals surface area contributed by atoms with Gasteiger partial charge in [0.1, 0.15) is 6.61 Å². The minimum atomic E-state index is -1.70. The van der Waals surface area contributed by atoms with Gasteiger partial charge in [-0.05, 0) is 82.1 Å². The highest BCUT2D eigenvalue weighted by molar-refractivity contribution is 5.68. The van der Waals surface area contributed by atoms with E-state index in [1.807, 2.05) is 13.8 Å². The fraction of sp³-hybridized carbons (Fsp3) is 0.760. The molecule has 1 unspecified atom stereocenters. The molecule has 0 bridgehead atoms. The monoisotopic (exact) mass is 452 g/mol. The Morgan fingerprint density at radius 3 is 2.44 bits per heavy atom. The molecular formula is C25H44N2O5.